The maximum absolute atomic E-state index is 14.0. The van der Waals surface area contributed by atoms with Crippen LogP contribution in [0.25, 0.3) is 0 Å². The first kappa shape index (κ1) is 69.6. The standard InChI is InChI=1S/C62H120N2O8/c1-9-15-20-33-44-56(45-34-21-16-10-2)69-59(65)50-39-30-26-24-28-37-48-58(72-62(68)64(53-41-52-63(7)8)54-61(67)71-55(42-14-6)43-32-19-13-5)49-38-29-25-27-31-40-51-60(66)70-57(46-35-22-17-11-3)47-36-23-18-12-4/h55-58H,9-54H2,1-8H3. The summed E-state index contributed by atoms with van der Waals surface area (Å²) in [4.78, 5) is 56.7. The van der Waals surface area contributed by atoms with E-state index in [1.165, 1.54) is 77.0 Å². The molecule has 0 aromatic carbocycles. The maximum Gasteiger partial charge on any atom is 0.410 e. The molecule has 0 fully saturated rings. The number of ether oxygens (including phenoxy) is 4. The zero-order valence-corrected chi connectivity index (χ0v) is 49.0. The van der Waals surface area contributed by atoms with E-state index in [2.05, 4.69) is 46.4 Å². The summed E-state index contributed by atoms with van der Waals surface area (Å²) in [6.45, 7) is 14.4. The highest BCUT2D eigenvalue weighted by molar-refractivity contribution is 5.78. The average molecular weight is 1020 g/mol. The fourth-order valence-corrected chi connectivity index (χ4v) is 9.78. The first-order chi connectivity index (χ1) is 35.0. The Morgan fingerprint density at radius 2 is 0.597 bits per heavy atom. The monoisotopic (exact) mass is 1020 g/mol. The van der Waals surface area contributed by atoms with Crippen LogP contribution in [0, 0.1) is 0 Å². The van der Waals surface area contributed by atoms with E-state index in [-0.39, 0.29) is 48.9 Å². The number of esters is 3. The lowest BCUT2D eigenvalue weighted by Crippen LogP contribution is -2.40. The van der Waals surface area contributed by atoms with E-state index >= 15 is 0 Å². The summed E-state index contributed by atoms with van der Waals surface area (Å²) in [7, 11) is 4.04. The first-order valence-corrected chi connectivity index (χ1v) is 31.2. The van der Waals surface area contributed by atoms with Crippen LogP contribution in [0.15, 0.2) is 0 Å². The van der Waals surface area contributed by atoms with Crippen molar-refractivity contribution in [1.82, 2.24) is 9.80 Å². The second-order valence-corrected chi connectivity index (χ2v) is 21.9. The summed E-state index contributed by atoms with van der Waals surface area (Å²) in [6, 6.07) is 0. The van der Waals surface area contributed by atoms with Crippen LogP contribution < -0.4 is 0 Å². The molecule has 0 aliphatic rings. The van der Waals surface area contributed by atoms with Crippen LogP contribution >= 0.6 is 0 Å². The van der Waals surface area contributed by atoms with Crippen LogP contribution in [0.5, 0.6) is 0 Å². The van der Waals surface area contributed by atoms with Crippen LogP contribution in [0.4, 0.5) is 4.79 Å². The van der Waals surface area contributed by atoms with E-state index in [1.54, 1.807) is 4.90 Å². The Labute approximate surface area is 446 Å². The quantitative estimate of drug-likeness (QED) is 0.0334. The molecule has 72 heavy (non-hydrogen) atoms. The summed E-state index contributed by atoms with van der Waals surface area (Å²) in [5, 5.41) is 0. The van der Waals surface area contributed by atoms with Crippen LogP contribution in [0.2, 0.25) is 0 Å². The van der Waals surface area contributed by atoms with Gasteiger partial charge in [0, 0.05) is 19.4 Å². The molecule has 0 aliphatic heterocycles. The van der Waals surface area contributed by atoms with Gasteiger partial charge in [0.25, 0.3) is 0 Å². The third kappa shape index (κ3) is 45.1. The van der Waals surface area contributed by atoms with Crippen molar-refractivity contribution >= 4 is 24.0 Å². The Bertz CT molecular complexity index is 1150. The van der Waals surface area contributed by atoms with Crippen molar-refractivity contribution < 1.29 is 38.1 Å². The average Bonchev–Trinajstić information content (AvgIpc) is 3.35. The minimum absolute atomic E-state index is 0.0302. The Morgan fingerprint density at radius 1 is 0.306 bits per heavy atom. The molecule has 1 unspecified atom stereocenters. The molecule has 426 valence electrons. The van der Waals surface area contributed by atoms with Crippen molar-refractivity contribution in [3.05, 3.63) is 0 Å². The lowest BCUT2D eigenvalue weighted by atomic mass is 10.0. The predicted octanol–water partition coefficient (Wildman–Crippen LogP) is 18.0. The number of unbranched alkanes of at least 4 members (excludes halogenated alkanes) is 24. The largest absolute Gasteiger partial charge is 0.462 e. The lowest BCUT2D eigenvalue weighted by molar-refractivity contribution is -0.151. The van der Waals surface area contributed by atoms with Gasteiger partial charge in [-0.15, -0.1) is 0 Å². The molecule has 0 rings (SSSR count). The molecule has 10 heteroatoms. The number of nitrogens with zero attached hydrogens (tertiary/aromatic N) is 2. The molecule has 1 atom stereocenters. The Hall–Kier alpha value is -2.36. The zero-order valence-electron chi connectivity index (χ0n) is 49.0. The maximum atomic E-state index is 14.0. The predicted molar refractivity (Wildman–Crippen MR) is 303 cm³/mol. The van der Waals surface area contributed by atoms with E-state index in [4.69, 9.17) is 18.9 Å². The summed E-state index contributed by atoms with van der Waals surface area (Å²) >= 11 is 0. The van der Waals surface area contributed by atoms with Crippen molar-refractivity contribution in [3.63, 3.8) is 0 Å². The molecular weight excluding hydrogens is 901 g/mol. The van der Waals surface area contributed by atoms with Gasteiger partial charge in [0.15, 0.2) is 0 Å². The molecule has 0 aliphatic carbocycles. The molecular formula is C62H120N2O8. The topological polar surface area (TPSA) is 112 Å². The minimum atomic E-state index is -0.416. The van der Waals surface area contributed by atoms with Gasteiger partial charge in [-0.05, 0) is 136 Å². The van der Waals surface area contributed by atoms with Crippen molar-refractivity contribution in [3.8, 4) is 0 Å². The van der Waals surface area contributed by atoms with E-state index in [9.17, 15) is 19.2 Å². The van der Waals surface area contributed by atoms with Crippen LogP contribution in [0.1, 0.15) is 318 Å². The molecule has 0 saturated heterocycles. The molecule has 10 nitrogen and oxygen atoms in total. The van der Waals surface area contributed by atoms with E-state index < -0.39 is 6.09 Å². The van der Waals surface area contributed by atoms with Crippen LogP contribution in [0.3, 0.4) is 0 Å². The van der Waals surface area contributed by atoms with Gasteiger partial charge >= 0.3 is 24.0 Å². The van der Waals surface area contributed by atoms with Gasteiger partial charge in [0.1, 0.15) is 31.0 Å². The van der Waals surface area contributed by atoms with Gasteiger partial charge in [-0.2, -0.15) is 0 Å². The number of rotatable bonds is 54. The third-order valence-corrected chi connectivity index (χ3v) is 14.3. The summed E-state index contributed by atoms with van der Waals surface area (Å²) in [6.07, 6.45) is 44.0. The summed E-state index contributed by atoms with van der Waals surface area (Å²) in [5.41, 5.74) is 0. The first-order valence-electron chi connectivity index (χ1n) is 31.2. The molecule has 1 amide bonds. The number of hydrogen-bond acceptors (Lipinski definition) is 9. The number of hydrogen-bond donors (Lipinski definition) is 0. The summed E-state index contributed by atoms with van der Waals surface area (Å²) in [5.74, 6) is -0.408. The highest BCUT2D eigenvalue weighted by Crippen LogP contribution is 2.22. The highest BCUT2D eigenvalue weighted by Gasteiger charge is 2.25. The Morgan fingerprint density at radius 3 is 0.958 bits per heavy atom. The fourth-order valence-electron chi connectivity index (χ4n) is 9.78. The summed E-state index contributed by atoms with van der Waals surface area (Å²) < 4.78 is 24.3. The molecule has 0 N–H and O–H groups in total. The van der Waals surface area contributed by atoms with Gasteiger partial charge in [-0.25, -0.2) is 4.79 Å². The van der Waals surface area contributed by atoms with Crippen molar-refractivity contribution in [1.29, 1.82) is 0 Å². The van der Waals surface area contributed by atoms with Gasteiger partial charge < -0.3 is 23.8 Å². The minimum Gasteiger partial charge on any atom is -0.462 e. The van der Waals surface area contributed by atoms with E-state index in [0.717, 1.165) is 193 Å². The van der Waals surface area contributed by atoms with Gasteiger partial charge in [0.2, 0.25) is 0 Å². The zero-order chi connectivity index (χ0) is 53.1. The molecule has 0 radical (unpaired) electrons. The van der Waals surface area contributed by atoms with Gasteiger partial charge in [-0.1, -0.05) is 189 Å². The second-order valence-electron chi connectivity index (χ2n) is 21.9. The highest BCUT2D eigenvalue weighted by atomic mass is 16.6. The molecule has 0 bridgehead atoms. The van der Waals surface area contributed by atoms with E-state index in [0.29, 0.717) is 19.4 Å². The number of carbonyl (C=O) groups excluding carboxylic acids is 4. The molecule has 0 aromatic rings. The van der Waals surface area contributed by atoms with Gasteiger partial charge in [0.05, 0.1) is 0 Å². The lowest BCUT2D eigenvalue weighted by Gasteiger charge is -2.27. The van der Waals surface area contributed by atoms with Crippen molar-refractivity contribution in [2.24, 2.45) is 0 Å². The van der Waals surface area contributed by atoms with Gasteiger partial charge in [-0.3, -0.25) is 19.3 Å². The van der Waals surface area contributed by atoms with E-state index in [1.807, 2.05) is 14.1 Å². The Kier molecular flexibility index (Phi) is 50.4. The SMILES string of the molecule is CCCCCCC(CCCCCC)OC(=O)CCCCCCCCC(CCCCCCCCC(=O)OC(CCCCCC)CCCCCC)OC(=O)N(CCCN(C)C)CC(=O)OC(CCC)CCCCC. The fraction of sp³-hybridized carbons (Fsp3) is 0.935. The normalized spacial score (nSPS) is 12.1. The third-order valence-electron chi connectivity index (χ3n) is 14.3. The van der Waals surface area contributed by atoms with Crippen LogP contribution in [-0.2, 0) is 33.3 Å². The second kappa shape index (κ2) is 52.1. The molecule has 0 aromatic heterocycles. The number of amides is 1. The molecule has 0 heterocycles. The molecule has 0 spiro atoms. The number of carbonyl (C=O) groups is 4. The van der Waals surface area contributed by atoms with Crippen molar-refractivity contribution in [2.75, 3.05) is 33.7 Å². The molecule has 0 saturated carbocycles. The van der Waals surface area contributed by atoms with Crippen molar-refractivity contribution in [2.45, 2.75) is 342 Å². The Balaban J connectivity index is 5.34. The van der Waals surface area contributed by atoms with Crippen LogP contribution in [-0.4, -0.2) is 91.9 Å². The smallest absolute Gasteiger partial charge is 0.410 e.